The lowest BCUT2D eigenvalue weighted by Crippen LogP contribution is -2.30. The Balaban J connectivity index is 5.21. The maximum Gasteiger partial charge on any atom is 0.472 e. The molecule has 17 nitrogen and oxygen atoms in total. The second-order valence-electron chi connectivity index (χ2n) is 25.4. The number of phosphoric ester groups is 2. The standard InChI is InChI=1S/C69H134O17P2/c1-6-9-12-15-18-21-28-34-38-43-48-53-67(72)80-59-65(86-69(74)55-50-45-40-35-30-27-25-24-26-29-31-36-41-46-51-62(4)5)61-84-88(77,78)82-57-63(70)56-81-87(75,76)83-60-64(85-68(73)54-49-44-39-33-23-20-17-14-11-8-3)58-79-66(71)52-47-42-37-32-22-19-16-13-10-7-2/h62-65,70H,6-61H2,1-5H3,(H,75,76)(H,77,78)/t63-,64+,65+/m0/s1. The van der Waals surface area contributed by atoms with Crippen LogP contribution in [-0.4, -0.2) is 96.7 Å². The van der Waals surface area contributed by atoms with E-state index in [1.807, 2.05) is 0 Å². The molecule has 0 saturated carbocycles. The molecule has 3 N–H and O–H groups in total. The number of esters is 4. The van der Waals surface area contributed by atoms with Gasteiger partial charge in [0.25, 0.3) is 0 Å². The molecule has 0 aromatic carbocycles. The summed E-state index contributed by atoms with van der Waals surface area (Å²) in [6, 6.07) is 0. The molecular formula is C69H134O17P2. The normalized spacial score (nSPS) is 14.1. The van der Waals surface area contributed by atoms with E-state index in [1.165, 1.54) is 180 Å². The molecule has 5 atom stereocenters. The summed E-state index contributed by atoms with van der Waals surface area (Å²) in [5, 5.41) is 10.6. The third-order valence-corrected chi connectivity index (χ3v) is 17.9. The van der Waals surface area contributed by atoms with E-state index in [4.69, 9.17) is 37.0 Å². The number of unbranched alkanes of at least 4 members (excludes halogenated alkanes) is 41. The zero-order chi connectivity index (χ0) is 64.9. The highest BCUT2D eigenvalue weighted by Gasteiger charge is 2.30. The molecule has 2 unspecified atom stereocenters. The van der Waals surface area contributed by atoms with Gasteiger partial charge in [0.2, 0.25) is 0 Å². The maximum atomic E-state index is 13.0. The largest absolute Gasteiger partial charge is 0.472 e. The van der Waals surface area contributed by atoms with Crippen molar-refractivity contribution in [2.75, 3.05) is 39.6 Å². The molecule has 0 aliphatic heterocycles. The summed E-state index contributed by atoms with van der Waals surface area (Å²) in [4.78, 5) is 72.4. The number of aliphatic hydroxyl groups excluding tert-OH is 1. The number of rotatable bonds is 69. The van der Waals surface area contributed by atoms with Crippen molar-refractivity contribution in [3.8, 4) is 0 Å². The first-order chi connectivity index (χ1) is 42.5. The van der Waals surface area contributed by atoms with Crippen LogP contribution in [0.25, 0.3) is 0 Å². The van der Waals surface area contributed by atoms with Crippen LogP contribution >= 0.6 is 15.6 Å². The Morgan fingerprint density at radius 1 is 0.307 bits per heavy atom. The van der Waals surface area contributed by atoms with Crippen molar-refractivity contribution in [2.45, 2.75) is 374 Å². The molecule has 19 heteroatoms. The highest BCUT2D eigenvalue weighted by Crippen LogP contribution is 2.45. The average molecular weight is 1300 g/mol. The van der Waals surface area contributed by atoms with Gasteiger partial charge in [-0.1, -0.05) is 304 Å². The van der Waals surface area contributed by atoms with Gasteiger partial charge in [0.1, 0.15) is 19.3 Å². The van der Waals surface area contributed by atoms with E-state index < -0.39 is 97.5 Å². The fourth-order valence-electron chi connectivity index (χ4n) is 10.5. The van der Waals surface area contributed by atoms with Crippen LogP contribution in [0.3, 0.4) is 0 Å². The van der Waals surface area contributed by atoms with E-state index in [-0.39, 0.29) is 25.7 Å². The van der Waals surface area contributed by atoms with Crippen molar-refractivity contribution in [3.05, 3.63) is 0 Å². The molecule has 0 aromatic rings. The fourth-order valence-corrected chi connectivity index (χ4v) is 12.0. The number of ether oxygens (including phenoxy) is 4. The summed E-state index contributed by atoms with van der Waals surface area (Å²) in [5.74, 6) is -1.33. The van der Waals surface area contributed by atoms with E-state index in [2.05, 4.69) is 34.6 Å². The Labute approximate surface area is 537 Å². The van der Waals surface area contributed by atoms with E-state index in [0.717, 1.165) is 95.8 Å². The van der Waals surface area contributed by atoms with Crippen LogP contribution in [0, 0.1) is 5.92 Å². The highest BCUT2D eigenvalue weighted by atomic mass is 31.2. The Bertz CT molecular complexity index is 1700. The van der Waals surface area contributed by atoms with Crippen LogP contribution in [0.15, 0.2) is 0 Å². The number of hydrogen-bond acceptors (Lipinski definition) is 15. The van der Waals surface area contributed by atoms with E-state index >= 15 is 0 Å². The van der Waals surface area contributed by atoms with Gasteiger partial charge in [0.15, 0.2) is 12.2 Å². The summed E-state index contributed by atoms with van der Waals surface area (Å²) < 4.78 is 68.2. The lowest BCUT2D eigenvalue weighted by atomic mass is 10.0. The SMILES string of the molecule is CCCCCCCCCCCCCC(=O)OC[C@H](COP(=O)(O)OC[C@@H](O)COP(=O)(O)OC[C@@H](COC(=O)CCCCCCCCCCCC)OC(=O)CCCCCCCCCCCC)OC(=O)CCCCCCCCCCCCCCCCC(C)C. The molecule has 522 valence electrons. The van der Waals surface area contributed by atoms with Gasteiger partial charge in [-0.05, 0) is 31.6 Å². The van der Waals surface area contributed by atoms with Crippen LogP contribution < -0.4 is 0 Å². The van der Waals surface area contributed by atoms with Gasteiger partial charge in [-0.2, -0.15) is 0 Å². The number of carbonyl (C=O) groups is 4. The minimum Gasteiger partial charge on any atom is -0.462 e. The molecule has 88 heavy (non-hydrogen) atoms. The van der Waals surface area contributed by atoms with Crippen molar-refractivity contribution in [2.24, 2.45) is 5.92 Å². The van der Waals surface area contributed by atoms with Crippen LogP contribution in [0.2, 0.25) is 0 Å². The monoisotopic (exact) mass is 1300 g/mol. The van der Waals surface area contributed by atoms with Crippen LogP contribution in [0.1, 0.15) is 356 Å². The third kappa shape index (κ3) is 62.8. The predicted octanol–water partition coefficient (Wildman–Crippen LogP) is 19.7. The van der Waals surface area contributed by atoms with E-state index in [1.54, 1.807) is 0 Å². The second kappa shape index (κ2) is 62.5. The topological polar surface area (TPSA) is 237 Å². The van der Waals surface area contributed by atoms with Gasteiger partial charge in [-0.15, -0.1) is 0 Å². The van der Waals surface area contributed by atoms with E-state index in [9.17, 15) is 43.2 Å². The van der Waals surface area contributed by atoms with Gasteiger partial charge in [0, 0.05) is 25.7 Å². The molecule has 0 bridgehead atoms. The van der Waals surface area contributed by atoms with Crippen molar-refractivity contribution in [3.63, 3.8) is 0 Å². The van der Waals surface area contributed by atoms with Crippen molar-refractivity contribution < 1.29 is 80.2 Å². The average Bonchev–Trinajstić information content (AvgIpc) is 3.56. The summed E-state index contributed by atoms with van der Waals surface area (Å²) >= 11 is 0. The van der Waals surface area contributed by atoms with Gasteiger partial charge >= 0.3 is 39.5 Å². The third-order valence-electron chi connectivity index (χ3n) is 16.0. The number of aliphatic hydroxyl groups is 1. The van der Waals surface area contributed by atoms with Crippen LogP contribution in [0.5, 0.6) is 0 Å². The minimum absolute atomic E-state index is 0.107. The predicted molar refractivity (Wildman–Crippen MR) is 354 cm³/mol. The Kier molecular flexibility index (Phi) is 61.1. The van der Waals surface area contributed by atoms with Gasteiger partial charge in [-0.25, -0.2) is 9.13 Å². The lowest BCUT2D eigenvalue weighted by molar-refractivity contribution is -0.161. The number of phosphoric acid groups is 2. The lowest BCUT2D eigenvalue weighted by Gasteiger charge is -2.21. The van der Waals surface area contributed by atoms with Gasteiger partial charge < -0.3 is 33.8 Å². The molecule has 0 saturated heterocycles. The smallest absolute Gasteiger partial charge is 0.462 e. The minimum atomic E-state index is -4.95. The van der Waals surface area contributed by atoms with Gasteiger partial charge in [0.05, 0.1) is 26.4 Å². The zero-order valence-corrected chi connectivity index (χ0v) is 58.6. The molecule has 0 heterocycles. The molecule has 0 aliphatic carbocycles. The molecule has 0 rings (SSSR count). The molecule has 0 amide bonds. The first kappa shape index (κ1) is 86.1. The molecule has 0 aromatic heterocycles. The van der Waals surface area contributed by atoms with Crippen molar-refractivity contribution in [1.82, 2.24) is 0 Å². The Morgan fingerprint density at radius 3 is 0.773 bits per heavy atom. The highest BCUT2D eigenvalue weighted by molar-refractivity contribution is 7.47. The second-order valence-corrected chi connectivity index (χ2v) is 28.3. The molecule has 0 fully saturated rings. The van der Waals surface area contributed by atoms with Crippen molar-refractivity contribution in [1.29, 1.82) is 0 Å². The van der Waals surface area contributed by atoms with Crippen LogP contribution in [-0.2, 0) is 65.4 Å². The van der Waals surface area contributed by atoms with Crippen molar-refractivity contribution >= 4 is 39.5 Å². The fraction of sp³-hybridized carbons (Fsp3) is 0.942. The molecular weight excluding hydrogens is 1160 g/mol. The summed E-state index contributed by atoms with van der Waals surface area (Å²) in [6.07, 6.45) is 48.4. The molecule has 0 aliphatic rings. The molecule has 0 radical (unpaired) electrons. The Hall–Kier alpha value is -1.94. The maximum absolute atomic E-state index is 13.0. The molecule has 0 spiro atoms. The number of hydrogen-bond donors (Lipinski definition) is 3. The first-order valence-corrected chi connectivity index (χ1v) is 39.1. The zero-order valence-electron chi connectivity index (χ0n) is 56.9. The summed E-state index contributed by atoms with van der Waals surface area (Å²) in [6.45, 7) is 7.24. The van der Waals surface area contributed by atoms with E-state index in [0.29, 0.717) is 25.7 Å². The van der Waals surface area contributed by atoms with Crippen LogP contribution in [0.4, 0.5) is 0 Å². The summed E-state index contributed by atoms with van der Waals surface area (Å²) in [7, 11) is -9.89. The summed E-state index contributed by atoms with van der Waals surface area (Å²) in [5.41, 5.74) is 0. The quantitative estimate of drug-likeness (QED) is 0.0222. The van der Waals surface area contributed by atoms with Gasteiger partial charge in [-0.3, -0.25) is 37.3 Å². The number of carbonyl (C=O) groups excluding carboxylic acids is 4. The first-order valence-electron chi connectivity index (χ1n) is 36.1. The Morgan fingerprint density at radius 2 is 0.523 bits per heavy atom.